The van der Waals surface area contributed by atoms with Gasteiger partial charge in [0, 0.05) is 25.2 Å². The lowest BCUT2D eigenvalue weighted by atomic mass is 9.80. The quantitative estimate of drug-likeness (QED) is 0.801. The summed E-state index contributed by atoms with van der Waals surface area (Å²) in [6.07, 6.45) is 2.51. The average Bonchev–Trinajstić information content (AvgIpc) is 2.73. The van der Waals surface area contributed by atoms with Crippen LogP contribution >= 0.6 is 0 Å². The molecule has 1 aromatic heterocycles. The molecule has 1 aromatic carbocycles. The number of carbonyl (C=O) groups is 1. The fourth-order valence-electron chi connectivity index (χ4n) is 2.30. The van der Waals surface area contributed by atoms with Crippen LogP contribution in [0.1, 0.15) is 25.2 Å². The van der Waals surface area contributed by atoms with E-state index in [1.807, 2.05) is 0 Å². The predicted molar refractivity (Wildman–Crippen MR) is 74.6 cm³/mol. The number of aryl methyl sites for hydroxylation is 1. The van der Waals surface area contributed by atoms with Gasteiger partial charge in [0.1, 0.15) is 5.52 Å². The second-order valence-electron chi connectivity index (χ2n) is 5.30. The van der Waals surface area contributed by atoms with Crippen LogP contribution in [-0.4, -0.2) is 28.3 Å². The highest BCUT2D eigenvalue weighted by atomic mass is 16.3. The lowest BCUT2D eigenvalue weighted by Crippen LogP contribution is -2.48. The Bertz CT molecular complexity index is 646. The number of oxazole rings is 1. The number of hydrogen-bond acceptors (Lipinski definition) is 4. The van der Waals surface area contributed by atoms with Crippen LogP contribution in [0.15, 0.2) is 22.6 Å². The van der Waals surface area contributed by atoms with Crippen LogP contribution in [0.2, 0.25) is 0 Å². The second-order valence-corrected chi connectivity index (χ2v) is 5.30. The number of rotatable bonds is 3. The monoisotopic (exact) mass is 275 g/mol. The van der Waals surface area contributed by atoms with Crippen molar-refractivity contribution >= 4 is 22.8 Å². The SMILES string of the molecule is Cc1nc2ccc(NC(=O)NCC3(O)CCC3)cc2o1. The molecule has 6 heteroatoms. The zero-order valence-electron chi connectivity index (χ0n) is 11.3. The molecule has 2 amide bonds. The van der Waals surface area contributed by atoms with Gasteiger partial charge in [0.05, 0.1) is 5.60 Å². The first-order valence-corrected chi connectivity index (χ1v) is 6.69. The molecule has 0 atom stereocenters. The first-order chi connectivity index (χ1) is 9.54. The highest BCUT2D eigenvalue weighted by Crippen LogP contribution is 2.30. The molecule has 1 aliphatic rings. The fourth-order valence-corrected chi connectivity index (χ4v) is 2.30. The first-order valence-electron chi connectivity index (χ1n) is 6.69. The highest BCUT2D eigenvalue weighted by Gasteiger charge is 2.34. The lowest BCUT2D eigenvalue weighted by Gasteiger charge is -2.36. The van der Waals surface area contributed by atoms with E-state index < -0.39 is 5.60 Å². The van der Waals surface area contributed by atoms with Crippen molar-refractivity contribution in [2.45, 2.75) is 31.8 Å². The molecule has 106 valence electrons. The molecule has 0 bridgehead atoms. The van der Waals surface area contributed by atoms with E-state index in [1.165, 1.54) is 0 Å². The third-order valence-electron chi connectivity index (χ3n) is 3.62. The molecule has 20 heavy (non-hydrogen) atoms. The molecule has 1 fully saturated rings. The van der Waals surface area contributed by atoms with Crippen LogP contribution in [0.3, 0.4) is 0 Å². The number of nitrogens with one attached hydrogen (secondary N) is 2. The summed E-state index contributed by atoms with van der Waals surface area (Å²) in [4.78, 5) is 16.0. The van der Waals surface area contributed by atoms with Gasteiger partial charge in [0.25, 0.3) is 0 Å². The number of urea groups is 1. The minimum absolute atomic E-state index is 0.280. The molecule has 0 unspecified atom stereocenters. The molecule has 1 heterocycles. The first kappa shape index (κ1) is 12.9. The van der Waals surface area contributed by atoms with Crippen molar-refractivity contribution in [3.63, 3.8) is 0 Å². The molecule has 0 spiro atoms. The van der Waals surface area contributed by atoms with Gasteiger partial charge in [-0.3, -0.25) is 0 Å². The van der Waals surface area contributed by atoms with Crippen LogP contribution in [0.25, 0.3) is 11.1 Å². The van der Waals surface area contributed by atoms with Gasteiger partial charge in [-0.05, 0) is 31.4 Å². The average molecular weight is 275 g/mol. The van der Waals surface area contributed by atoms with Crippen molar-refractivity contribution in [1.29, 1.82) is 0 Å². The summed E-state index contributed by atoms with van der Waals surface area (Å²) in [5, 5.41) is 15.3. The van der Waals surface area contributed by atoms with E-state index in [9.17, 15) is 9.90 Å². The van der Waals surface area contributed by atoms with Gasteiger partial charge < -0.3 is 20.2 Å². The minimum Gasteiger partial charge on any atom is -0.441 e. The molecule has 6 nitrogen and oxygen atoms in total. The minimum atomic E-state index is -0.719. The topological polar surface area (TPSA) is 87.4 Å². The number of anilines is 1. The molecule has 3 N–H and O–H groups in total. The van der Waals surface area contributed by atoms with E-state index in [0.717, 1.165) is 24.8 Å². The van der Waals surface area contributed by atoms with Crippen LogP contribution in [0.5, 0.6) is 0 Å². The van der Waals surface area contributed by atoms with Crippen molar-refractivity contribution in [1.82, 2.24) is 10.3 Å². The normalized spacial score (nSPS) is 16.7. The number of benzene rings is 1. The second kappa shape index (κ2) is 4.79. The fraction of sp³-hybridized carbons (Fsp3) is 0.429. The van der Waals surface area contributed by atoms with Gasteiger partial charge in [0.2, 0.25) is 0 Å². The van der Waals surface area contributed by atoms with Crippen molar-refractivity contribution < 1.29 is 14.3 Å². The summed E-state index contributed by atoms with van der Waals surface area (Å²) in [5.41, 5.74) is 1.31. The largest absolute Gasteiger partial charge is 0.441 e. The van der Waals surface area contributed by atoms with E-state index >= 15 is 0 Å². The van der Waals surface area contributed by atoms with Crippen molar-refractivity contribution in [3.05, 3.63) is 24.1 Å². The maximum absolute atomic E-state index is 11.8. The molecule has 3 rings (SSSR count). The van der Waals surface area contributed by atoms with Crippen LogP contribution in [0.4, 0.5) is 10.5 Å². The Kier molecular flexibility index (Phi) is 3.10. The Balaban J connectivity index is 1.61. The Labute approximate surface area is 116 Å². The van der Waals surface area contributed by atoms with Crippen LogP contribution in [-0.2, 0) is 0 Å². The van der Waals surface area contributed by atoms with Crippen LogP contribution in [0, 0.1) is 6.92 Å². The smallest absolute Gasteiger partial charge is 0.319 e. The maximum atomic E-state index is 11.8. The Morgan fingerprint density at radius 3 is 3.00 bits per heavy atom. The number of carbonyl (C=O) groups excluding carboxylic acids is 1. The molecule has 0 aliphatic heterocycles. The summed E-state index contributed by atoms with van der Waals surface area (Å²) in [7, 11) is 0. The standard InChI is InChI=1S/C14H17N3O3/c1-9-16-11-4-3-10(7-12(11)20-9)17-13(18)15-8-14(19)5-2-6-14/h3-4,7,19H,2,5-6,8H2,1H3,(H2,15,17,18). The summed E-state index contributed by atoms with van der Waals surface area (Å²) in [5.74, 6) is 0.591. The van der Waals surface area contributed by atoms with Crippen molar-refractivity contribution in [3.8, 4) is 0 Å². The molecule has 1 saturated carbocycles. The summed E-state index contributed by atoms with van der Waals surface area (Å²) in [6, 6.07) is 4.96. The number of hydrogen-bond donors (Lipinski definition) is 3. The maximum Gasteiger partial charge on any atom is 0.319 e. The van der Waals surface area contributed by atoms with Gasteiger partial charge in [-0.15, -0.1) is 0 Å². The summed E-state index contributed by atoms with van der Waals surface area (Å²) >= 11 is 0. The Morgan fingerprint density at radius 2 is 2.30 bits per heavy atom. The molecular formula is C14H17N3O3. The van der Waals surface area contributed by atoms with Gasteiger partial charge >= 0.3 is 6.03 Å². The number of amides is 2. The number of aliphatic hydroxyl groups is 1. The molecule has 1 aliphatic carbocycles. The predicted octanol–water partition coefficient (Wildman–Crippen LogP) is 2.17. The third-order valence-corrected chi connectivity index (χ3v) is 3.62. The Morgan fingerprint density at radius 1 is 1.50 bits per heavy atom. The van der Waals surface area contributed by atoms with Gasteiger partial charge in [0.15, 0.2) is 11.5 Å². The third kappa shape index (κ3) is 2.60. The number of nitrogens with zero attached hydrogens (tertiary/aromatic N) is 1. The molecule has 2 aromatic rings. The Hall–Kier alpha value is -2.08. The van der Waals surface area contributed by atoms with E-state index in [2.05, 4.69) is 15.6 Å². The van der Waals surface area contributed by atoms with Gasteiger partial charge in [-0.1, -0.05) is 0 Å². The van der Waals surface area contributed by atoms with E-state index in [4.69, 9.17) is 4.42 Å². The van der Waals surface area contributed by atoms with Crippen molar-refractivity contribution in [2.75, 3.05) is 11.9 Å². The van der Waals surface area contributed by atoms with Gasteiger partial charge in [-0.2, -0.15) is 0 Å². The molecule has 0 radical (unpaired) electrons. The molecule has 0 saturated heterocycles. The summed E-state index contributed by atoms with van der Waals surface area (Å²) in [6.45, 7) is 2.06. The van der Waals surface area contributed by atoms with Crippen LogP contribution < -0.4 is 10.6 Å². The van der Waals surface area contributed by atoms with E-state index in [1.54, 1.807) is 25.1 Å². The molecular weight excluding hydrogens is 258 g/mol. The van der Waals surface area contributed by atoms with Crippen molar-refractivity contribution in [2.24, 2.45) is 0 Å². The zero-order chi connectivity index (χ0) is 14.2. The number of fused-ring (bicyclic) bond motifs is 1. The van der Waals surface area contributed by atoms with E-state index in [-0.39, 0.29) is 12.6 Å². The zero-order valence-corrected chi connectivity index (χ0v) is 11.3. The lowest BCUT2D eigenvalue weighted by molar-refractivity contribution is -0.0287. The summed E-state index contributed by atoms with van der Waals surface area (Å²) < 4.78 is 5.41. The highest BCUT2D eigenvalue weighted by molar-refractivity contribution is 5.91. The van der Waals surface area contributed by atoms with E-state index in [0.29, 0.717) is 17.2 Å². The number of aromatic nitrogens is 1. The van der Waals surface area contributed by atoms with Gasteiger partial charge in [-0.25, -0.2) is 9.78 Å².